The molecule has 5 heteroatoms. The van der Waals surface area contributed by atoms with E-state index >= 15 is 0 Å². The fourth-order valence-electron chi connectivity index (χ4n) is 0.893. The third-order valence-corrected chi connectivity index (χ3v) is 2.97. The molecule has 1 rings (SSSR count). The Hall–Kier alpha value is -1.01. The quantitative estimate of drug-likeness (QED) is 0.464. The van der Waals surface area contributed by atoms with E-state index in [1.54, 1.807) is 0 Å². The van der Waals surface area contributed by atoms with E-state index in [2.05, 4.69) is 16.0 Å². The number of hydrogen-bond acceptors (Lipinski definition) is 3. The molecule has 0 amide bonds. The number of nitrogens with zero attached hydrogens (tertiary/aromatic N) is 1. The van der Waals surface area contributed by atoms with Gasteiger partial charge in [-0.05, 0) is 0 Å². The lowest BCUT2D eigenvalue weighted by molar-refractivity contribution is 0.285. The van der Waals surface area contributed by atoms with Gasteiger partial charge in [0.15, 0.2) is 6.10 Å². The molecule has 0 N–H and O–H groups in total. The van der Waals surface area contributed by atoms with Crippen LogP contribution in [0.4, 0.5) is 0 Å². The van der Waals surface area contributed by atoms with Crippen molar-refractivity contribution in [3.8, 4) is 24.7 Å². The van der Waals surface area contributed by atoms with E-state index in [9.17, 15) is 8.42 Å². The molecule has 4 nitrogen and oxygen atoms in total. The smallest absolute Gasteiger partial charge is 0.239 e. The minimum absolute atomic E-state index is 0.694. The molecule has 0 aromatic carbocycles. The van der Waals surface area contributed by atoms with E-state index in [0.29, 0.717) is 0 Å². The highest BCUT2D eigenvalue weighted by atomic mass is 32.2. The summed E-state index contributed by atoms with van der Waals surface area (Å²) in [6.45, 7) is 0. The average Bonchev–Trinajstić information content (AvgIpc) is 2.24. The summed E-state index contributed by atoms with van der Waals surface area (Å²) in [5, 5.41) is 0. The molecule has 1 fully saturated rings. The van der Waals surface area contributed by atoms with E-state index < -0.39 is 22.4 Å². The second-order valence-electron chi connectivity index (χ2n) is 2.27. The van der Waals surface area contributed by atoms with Gasteiger partial charge in [-0.1, -0.05) is 11.8 Å². The van der Waals surface area contributed by atoms with Crippen molar-refractivity contribution < 1.29 is 12.6 Å². The number of hydrogen-bond donors (Lipinski definition) is 0. The largest absolute Gasteiger partial charge is 0.340 e. The van der Waals surface area contributed by atoms with Gasteiger partial charge in [0.2, 0.25) is 0 Å². The maximum absolute atomic E-state index is 11.0. The minimum atomic E-state index is -3.70. The average molecular weight is 185 g/mol. The molecule has 12 heavy (non-hydrogen) atoms. The molecule has 0 saturated carbocycles. The predicted octanol–water partition coefficient (Wildman–Crippen LogP) is -0.803. The van der Waals surface area contributed by atoms with Crippen LogP contribution < -0.4 is 0 Å². The van der Waals surface area contributed by atoms with Gasteiger partial charge in [0.25, 0.3) is 0 Å². The first-order chi connectivity index (χ1) is 5.53. The number of rotatable bonds is 0. The summed E-state index contributed by atoms with van der Waals surface area (Å²) in [6.07, 6.45) is 9.23. The van der Waals surface area contributed by atoms with Gasteiger partial charge in [0.1, 0.15) is 6.04 Å². The highest BCUT2D eigenvalue weighted by Gasteiger charge is 2.42. The molecular weight excluding hydrogens is 178 g/mol. The molecule has 0 aliphatic carbocycles. The van der Waals surface area contributed by atoms with Crippen molar-refractivity contribution in [3.05, 3.63) is 0 Å². The van der Waals surface area contributed by atoms with Crippen LogP contribution in [0.25, 0.3) is 0 Å². The Balaban J connectivity index is 3.07. The van der Waals surface area contributed by atoms with Crippen LogP contribution in [0.2, 0.25) is 0 Å². The summed E-state index contributed by atoms with van der Waals surface area (Å²) in [4.78, 5) is 0. The van der Waals surface area contributed by atoms with Crippen molar-refractivity contribution in [2.75, 3.05) is 7.05 Å². The topological polar surface area (TPSA) is 46.6 Å². The molecule has 0 aromatic heterocycles. The molecule has 64 valence electrons. The Morgan fingerprint density at radius 3 is 2.33 bits per heavy atom. The fraction of sp³-hybridized carbons (Fsp3) is 0.429. The molecule has 1 aliphatic rings. The normalized spacial score (nSPS) is 33.9. The van der Waals surface area contributed by atoms with Crippen LogP contribution in [0.15, 0.2) is 0 Å². The van der Waals surface area contributed by atoms with Crippen LogP contribution >= 0.6 is 0 Å². The molecule has 1 heterocycles. The van der Waals surface area contributed by atoms with Crippen LogP contribution in [0.5, 0.6) is 0 Å². The highest BCUT2D eigenvalue weighted by molar-refractivity contribution is 7.84. The van der Waals surface area contributed by atoms with Crippen molar-refractivity contribution in [2.24, 2.45) is 0 Å². The molecule has 2 atom stereocenters. The highest BCUT2D eigenvalue weighted by Crippen LogP contribution is 2.21. The zero-order valence-corrected chi connectivity index (χ0v) is 7.21. The van der Waals surface area contributed by atoms with Gasteiger partial charge in [0, 0.05) is 7.05 Å². The van der Waals surface area contributed by atoms with Crippen LogP contribution in [0.1, 0.15) is 0 Å². The maximum Gasteiger partial charge on any atom is 0.340 e. The summed E-state index contributed by atoms with van der Waals surface area (Å²) in [7, 11) is -2.37. The van der Waals surface area contributed by atoms with Crippen LogP contribution in [-0.4, -0.2) is 31.9 Å². The summed E-state index contributed by atoms with van der Waals surface area (Å²) >= 11 is 0. The van der Waals surface area contributed by atoms with Crippen molar-refractivity contribution in [1.82, 2.24) is 4.31 Å². The molecular formula is C7H7NO3S. The van der Waals surface area contributed by atoms with Gasteiger partial charge in [0.05, 0.1) is 0 Å². The Bertz CT molecular complexity index is 359. The van der Waals surface area contributed by atoms with E-state index in [1.165, 1.54) is 7.05 Å². The van der Waals surface area contributed by atoms with E-state index in [-0.39, 0.29) is 0 Å². The Labute approximate surface area is 71.8 Å². The van der Waals surface area contributed by atoms with Gasteiger partial charge in [-0.15, -0.1) is 12.8 Å². The minimum Gasteiger partial charge on any atom is -0.239 e. The molecule has 2 unspecified atom stereocenters. The summed E-state index contributed by atoms with van der Waals surface area (Å²) in [5.41, 5.74) is 0. The zero-order valence-electron chi connectivity index (χ0n) is 6.39. The van der Waals surface area contributed by atoms with Gasteiger partial charge in [-0.25, -0.2) is 4.18 Å². The summed E-state index contributed by atoms with van der Waals surface area (Å²) in [6, 6.07) is -0.694. The Morgan fingerprint density at radius 2 is 2.00 bits per heavy atom. The first-order valence-electron chi connectivity index (χ1n) is 3.11. The van der Waals surface area contributed by atoms with Crippen molar-refractivity contribution in [2.45, 2.75) is 12.1 Å². The second-order valence-corrected chi connectivity index (χ2v) is 3.89. The van der Waals surface area contributed by atoms with Gasteiger partial charge < -0.3 is 0 Å². The van der Waals surface area contributed by atoms with Crippen LogP contribution in [0, 0.1) is 24.7 Å². The SMILES string of the molecule is C#CC1OS(=O)(=O)N(C)C1C#C. The van der Waals surface area contributed by atoms with Crippen LogP contribution in [-0.2, 0) is 14.5 Å². The van der Waals surface area contributed by atoms with E-state index in [1.807, 2.05) is 0 Å². The van der Waals surface area contributed by atoms with Gasteiger partial charge in [-0.2, -0.15) is 12.7 Å². The summed E-state index contributed by atoms with van der Waals surface area (Å²) < 4.78 is 27.5. The standard InChI is InChI=1S/C7H7NO3S/c1-4-6-7(5-2)11-12(9,10)8(6)3/h1-2,6-7H,3H3. The third kappa shape index (κ3) is 1.19. The van der Waals surface area contributed by atoms with Gasteiger partial charge in [-0.3, -0.25) is 0 Å². The fourth-order valence-corrected chi connectivity index (χ4v) is 1.90. The first kappa shape index (κ1) is 9.08. The second kappa shape index (κ2) is 2.80. The van der Waals surface area contributed by atoms with E-state index in [0.717, 1.165) is 4.31 Å². The van der Waals surface area contributed by atoms with Crippen molar-refractivity contribution in [1.29, 1.82) is 0 Å². The van der Waals surface area contributed by atoms with E-state index in [4.69, 9.17) is 12.8 Å². The molecule has 0 aromatic rings. The lowest BCUT2D eigenvalue weighted by Crippen LogP contribution is -2.31. The Morgan fingerprint density at radius 1 is 1.42 bits per heavy atom. The number of terminal acetylenes is 2. The molecule has 0 radical (unpaired) electrons. The van der Waals surface area contributed by atoms with Gasteiger partial charge >= 0.3 is 10.3 Å². The van der Waals surface area contributed by atoms with Crippen molar-refractivity contribution in [3.63, 3.8) is 0 Å². The molecule has 1 saturated heterocycles. The lowest BCUT2D eigenvalue weighted by Gasteiger charge is -2.09. The van der Waals surface area contributed by atoms with Crippen LogP contribution in [0.3, 0.4) is 0 Å². The number of likely N-dealkylation sites (N-methyl/N-ethyl adjacent to an activating group) is 1. The monoisotopic (exact) mass is 185 g/mol. The predicted molar refractivity (Wildman–Crippen MR) is 43.0 cm³/mol. The first-order valence-corrected chi connectivity index (χ1v) is 4.48. The molecule has 0 spiro atoms. The lowest BCUT2D eigenvalue weighted by atomic mass is 10.2. The van der Waals surface area contributed by atoms with Crippen molar-refractivity contribution >= 4 is 10.3 Å². The zero-order chi connectivity index (χ0) is 9.35. The molecule has 0 bridgehead atoms. The maximum atomic E-state index is 11.0. The Kier molecular flexibility index (Phi) is 2.12. The summed E-state index contributed by atoms with van der Waals surface area (Å²) in [5.74, 6) is 4.41. The third-order valence-electron chi connectivity index (χ3n) is 1.59. The molecule has 1 aliphatic heterocycles.